The molecule has 0 aromatic heterocycles. The highest BCUT2D eigenvalue weighted by Crippen LogP contribution is 2.25. The number of carbonyl (C=O) groups is 1. The average Bonchev–Trinajstić information content (AvgIpc) is 2.29. The zero-order valence-electron chi connectivity index (χ0n) is 10.2. The number of nitrogens with one attached hydrogen (secondary N) is 1. The Hall–Kier alpha value is -0.280. The molecule has 1 fully saturated rings. The van der Waals surface area contributed by atoms with Crippen molar-refractivity contribution in [3.8, 4) is 0 Å². The fraction of sp³-hybridized carbons (Fsp3) is 0.917. The van der Waals surface area contributed by atoms with E-state index in [1.807, 2.05) is 6.92 Å². The van der Waals surface area contributed by atoms with Crippen LogP contribution >= 0.6 is 12.4 Å². The predicted molar refractivity (Wildman–Crippen MR) is 69.7 cm³/mol. The molecule has 1 saturated carbocycles. The first-order valence-electron chi connectivity index (χ1n) is 6.21. The topological polar surface area (TPSA) is 55.1 Å². The van der Waals surface area contributed by atoms with Crippen molar-refractivity contribution in [3.05, 3.63) is 0 Å². The van der Waals surface area contributed by atoms with Crippen molar-refractivity contribution in [2.45, 2.75) is 45.4 Å². The summed E-state index contributed by atoms with van der Waals surface area (Å²) in [7, 11) is 0. The lowest BCUT2D eigenvalue weighted by Crippen LogP contribution is -2.34. The van der Waals surface area contributed by atoms with Crippen LogP contribution in [0, 0.1) is 11.8 Å². The molecule has 0 aromatic rings. The predicted octanol–water partition coefficient (Wildman–Crippen LogP) is 2.09. The summed E-state index contributed by atoms with van der Waals surface area (Å²) in [5, 5.41) is 2.96. The standard InChI is InChI=1S/C12H24N2O.ClH/c1-10(9-13)12(15)14-8-7-11-5-3-2-4-6-11;/h10-11H,2-9,13H2,1H3,(H,14,15);1H. The van der Waals surface area contributed by atoms with E-state index in [2.05, 4.69) is 5.32 Å². The number of hydrogen-bond donors (Lipinski definition) is 2. The van der Waals surface area contributed by atoms with Crippen LogP contribution in [-0.4, -0.2) is 19.0 Å². The van der Waals surface area contributed by atoms with Gasteiger partial charge in [-0.2, -0.15) is 0 Å². The van der Waals surface area contributed by atoms with Gasteiger partial charge in [0.05, 0.1) is 0 Å². The van der Waals surface area contributed by atoms with Crippen molar-refractivity contribution in [2.24, 2.45) is 17.6 Å². The van der Waals surface area contributed by atoms with Crippen LogP contribution in [0.25, 0.3) is 0 Å². The van der Waals surface area contributed by atoms with Crippen LogP contribution in [0.15, 0.2) is 0 Å². The minimum Gasteiger partial charge on any atom is -0.356 e. The summed E-state index contributed by atoms with van der Waals surface area (Å²) in [6, 6.07) is 0. The van der Waals surface area contributed by atoms with Crippen molar-refractivity contribution in [1.82, 2.24) is 5.32 Å². The van der Waals surface area contributed by atoms with Gasteiger partial charge in [0.2, 0.25) is 5.91 Å². The van der Waals surface area contributed by atoms with Gasteiger partial charge in [0.15, 0.2) is 0 Å². The highest BCUT2D eigenvalue weighted by molar-refractivity contribution is 5.85. The van der Waals surface area contributed by atoms with E-state index in [0.717, 1.165) is 18.9 Å². The average molecular weight is 249 g/mol. The molecule has 1 unspecified atom stereocenters. The van der Waals surface area contributed by atoms with Crippen molar-refractivity contribution in [1.29, 1.82) is 0 Å². The number of amides is 1. The fourth-order valence-electron chi connectivity index (χ4n) is 2.16. The molecule has 3 nitrogen and oxygen atoms in total. The molecule has 0 bridgehead atoms. The second-order valence-electron chi connectivity index (χ2n) is 4.72. The Morgan fingerprint density at radius 1 is 1.38 bits per heavy atom. The molecule has 0 radical (unpaired) electrons. The maximum atomic E-state index is 11.4. The summed E-state index contributed by atoms with van der Waals surface area (Å²) in [6.45, 7) is 3.14. The van der Waals surface area contributed by atoms with E-state index in [1.165, 1.54) is 32.1 Å². The lowest BCUT2D eigenvalue weighted by molar-refractivity contribution is -0.124. The fourth-order valence-corrected chi connectivity index (χ4v) is 2.16. The Morgan fingerprint density at radius 3 is 2.56 bits per heavy atom. The number of nitrogens with two attached hydrogens (primary N) is 1. The molecule has 3 N–H and O–H groups in total. The highest BCUT2D eigenvalue weighted by atomic mass is 35.5. The Labute approximate surface area is 105 Å². The minimum absolute atomic E-state index is 0. The van der Waals surface area contributed by atoms with Gasteiger partial charge in [-0.05, 0) is 12.3 Å². The largest absolute Gasteiger partial charge is 0.356 e. The maximum absolute atomic E-state index is 11.4. The SMILES string of the molecule is CC(CN)C(=O)NCCC1CCCCC1.Cl. The van der Waals surface area contributed by atoms with E-state index in [0.29, 0.717) is 6.54 Å². The minimum atomic E-state index is -0.0450. The van der Waals surface area contributed by atoms with Gasteiger partial charge in [0.1, 0.15) is 0 Å². The van der Waals surface area contributed by atoms with Gasteiger partial charge in [0, 0.05) is 19.0 Å². The molecular weight excluding hydrogens is 224 g/mol. The molecule has 0 saturated heterocycles. The third-order valence-electron chi connectivity index (χ3n) is 3.38. The molecule has 1 aliphatic carbocycles. The van der Waals surface area contributed by atoms with Gasteiger partial charge >= 0.3 is 0 Å². The normalized spacial score (nSPS) is 18.6. The Kier molecular flexibility index (Phi) is 8.67. The zero-order chi connectivity index (χ0) is 11.1. The molecule has 1 aliphatic rings. The van der Waals surface area contributed by atoms with Crippen molar-refractivity contribution >= 4 is 18.3 Å². The van der Waals surface area contributed by atoms with Crippen LogP contribution in [0.4, 0.5) is 0 Å². The summed E-state index contributed by atoms with van der Waals surface area (Å²) < 4.78 is 0. The van der Waals surface area contributed by atoms with Crippen molar-refractivity contribution in [2.75, 3.05) is 13.1 Å². The van der Waals surface area contributed by atoms with E-state index >= 15 is 0 Å². The first-order chi connectivity index (χ1) is 7.24. The number of carbonyl (C=O) groups excluding carboxylic acids is 1. The zero-order valence-corrected chi connectivity index (χ0v) is 11.0. The smallest absolute Gasteiger partial charge is 0.224 e. The lowest BCUT2D eigenvalue weighted by Gasteiger charge is -2.21. The molecule has 0 spiro atoms. The third kappa shape index (κ3) is 5.71. The maximum Gasteiger partial charge on any atom is 0.224 e. The first-order valence-corrected chi connectivity index (χ1v) is 6.21. The van der Waals surface area contributed by atoms with Crippen LogP contribution in [0.2, 0.25) is 0 Å². The lowest BCUT2D eigenvalue weighted by atomic mass is 9.87. The van der Waals surface area contributed by atoms with E-state index < -0.39 is 0 Å². The van der Waals surface area contributed by atoms with Gasteiger partial charge < -0.3 is 11.1 Å². The van der Waals surface area contributed by atoms with Crippen LogP contribution in [0.1, 0.15) is 45.4 Å². The highest BCUT2D eigenvalue weighted by Gasteiger charge is 2.14. The molecule has 0 aliphatic heterocycles. The first kappa shape index (κ1) is 15.7. The van der Waals surface area contributed by atoms with Crippen molar-refractivity contribution in [3.63, 3.8) is 0 Å². The number of rotatable bonds is 5. The molecule has 1 atom stereocenters. The molecule has 0 heterocycles. The van der Waals surface area contributed by atoms with E-state index in [9.17, 15) is 4.79 Å². The Morgan fingerprint density at radius 2 is 2.00 bits per heavy atom. The molecule has 1 amide bonds. The summed E-state index contributed by atoms with van der Waals surface area (Å²) in [5.74, 6) is 0.900. The van der Waals surface area contributed by atoms with Crippen LogP contribution in [-0.2, 0) is 4.79 Å². The second kappa shape index (κ2) is 8.82. The Balaban J connectivity index is 0.00000225. The third-order valence-corrected chi connectivity index (χ3v) is 3.38. The summed E-state index contributed by atoms with van der Waals surface area (Å²) in [4.78, 5) is 11.4. The number of hydrogen-bond acceptors (Lipinski definition) is 2. The molecule has 16 heavy (non-hydrogen) atoms. The van der Waals surface area contributed by atoms with Crippen LogP contribution < -0.4 is 11.1 Å². The quantitative estimate of drug-likeness (QED) is 0.783. The monoisotopic (exact) mass is 248 g/mol. The molecule has 0 aromatic carbocycles. The van der Waals surface area contributed by atoms with Crippen molar-refractivity contribution < 1.29 is 4.79 Å². The summed E-state index contributed by atoms with van der Waals surface area (Å²) >= 11 is 0. The molecule has 4 heteroatoms. The number of halogens is 1. The van der Waals surface area contributed by atoms with E-state index in [1.54, 1.807) is 0 Å². The van der Waals surface area contributed by atoms with Gasteiger partial charge in [-0.15, -0.1) is 12.4 Å². The summed E-state index contributed by atoms with van der Waals surface area (Å²) in [6.07, 6.45) is 7.98. The van der Waals surface area contributed by atoms with E-state index in [-0.39, 0.29) is 24.2 Å². The molecular formula is C12H25ClN2O. The van der Waals surface area contributed by atoms with Gasteiger partial charge in [-0.25, -0.2) is 0 Å². The molecule has 96 valence electrons. The Bertz CT molecular complexity index is 193. The second-order valence-corrected chi connectivity index (χ2v) is 4.72. The van der Waals surface area contributed by atoms with Gasteiger partial charge in [-0.1, -0.05) is 39.0 Å². The van der Waals surface area contributed by atoms with Gasteiger partial charge in [-0.3, -0.25) is 4.79 Å². The van der Waals surface area contributed by atoms with Gasteiger partial charge in [0.25, 0.3) is 0 Å². The summed E-state index contributed by atoms with van der Waals surface area (Å²) in [5.41, 5.74) is 5.43. The van der Waals surface area contributed by atoms with E-state index in [4.69, 9.17) is 5.73 Å². The van der Waals surface area contributed by atoms with Crippen LogP contribution in [0.3, 0.4) is 0 Å². The molecule has 1 rings (SSSR count). The van der Waals surface area contributed by atoms with Crippen LogP contribution in [0.5, 0.6) is 0 Å².